The van der Waals surface area contributed by atoms with Crippen LogP contribution in [0.5, 0.6) is 11.5 Å². The smallest absolute Gasteiger partial charge is 0.163 e. The van der Waals surface area contributed by atoms with Crippen molar-refractivity contribution in [3.63, 3.8) is 0 Å². The Balaban J connectivity index is 1.94. The van der Waals surface area contributed by atoms with E-state index in [4.69, 9.17) is 9.47 Å². The average molecular weight is 306 g/mol. The number of hydrogen-bond acceptors (Lipinski definition) is 5. The minimum Gasteiger partial charge on any atom is -0.493 e. The van der Waals surface area contributed by atoms with Crippen LogP contribution < -0.4 is 9.47 Å². The summed E-state index contributed by atoms with van der Waals surface area (Å²) >= 11 is 0. The van der Waals surface area contributed by atoms with Gasteiger partial charge < -0.3 is 9.47 Å². The molecule has 1 aromatic carbocycles. The molecule has 0 atom stereocenters. The lowest BCUT2D eigenvalue weighted by molar-refractivity contribution is 0.356. The van der Waals surface area contributed by atoms with Crippen LogP contribution in [0.3, 0.4) is 0 Å². The molecule has 4 aromatic rings. The van der Waals surface area contributed by atoms with E-state index in [2.05, 4.69) is 15.1 Å². The molecule has 0 aliphatic heterocycles. The lowest BCUT2D eigenvalue weighted by Gasteiger charge is -2.06. The molecule has 23 heavy (non-hydrogen) atoms. The van der Waals surface area contributed by atoms with E-state index in [1.807, 2.05) is 36.5 Å². The monoisotopic (exact) mass is 306 g/mol. The normalized spacial score (nSPS) is 11.0. The molecule has 114 valence electrons. The van der Waals surface area contributed by atoms with Crippen molar-refractivity contribution in [1.82, 2.24) is 19.6 Å². The van der Waals surface area contributed by atoms with Gasteiger partial charge >= 0.3 is 0 Å². The first-order valence-electron chi connectivity index (χ1n) is 7.11. The van der Waals surface area contributed by atoms with Gasteiger partial charge in [-0.15, -0.1) is 0 Å². The molecule has 0 unspecified atom stereocenters. The fraction of sp³-hybridized carbons (Fsp3) is 0.118. The summed E-state index contributed by atoms with van der Waals surface area (Å²) in [6.07, 6.45) is 5.48. The van der Waals surface area contributed by atoms with Gasteiger partial charge in [-0.1, -0.05) is 6.07 Å². The summed E-state index contributed by atoms with van der Waals surface area (Å²) < 4.78 is 12.4. The molecule has 3 aromatic heterocycles. The highest BCUT2D eigenvalue weighted by Gasteiger charge is 2.13. The van der Waals surface area contributed by atoms with Crippen LogP contribution >= 0.6 is 0 Å². The maximum atomic E-state index is 5.36. The summed E-state index contributed by atoms with van der Waals surface area (Å²) in [6, 6.07) is 9.52. The number of hydrogen-bond donors (Lipinski definition) is 0. The summed E-state index contributed by atoms with van der Waals surface area (Å²) in [6.45, 7) is 0. The van der Waals surface area contributed by atoms with Crippen LogP contribution in [0.15, 0.2) is 48.9 Å². The fourth-order valence-corrected chi connectivity index (χ4v) is 2.60. The third-order valence-corrected chi connectivity index (χ3v) is 3.72. The quantitative estimate of drug-likeness (QED) is 0.582. The summed E-state index contributed by atoms with van der Waals surface area (Å²) in [7, 11) is 3.22. The van der Waals surface area contributed by atoms with Crippen LogP contribution in [0.1, 0.15) is 0 Å². The van der Waals surface area contributed by atoms with Crippen molar-refractivity contribution in [2.75, 3.05) is 14.2 Å². The molecule has 0 fully saturated rings. The van der Waals surface area contributed by atoms with Crippen LogP contribution in [0.4, 0.5) is 0 Å². The van der Waals surface area contributed by atoms with Crippen molar-refractivity contribution in [2.45, 2.75) is 0 Å². The lowest BCUT2D eigenvalue weighted by atomic mass is 10.2. The largest absolute Gasteiger partial charge is 0.493 e. The van der Waals surface area contributed by atoms with Gasteiger partial charge in [-0.3, -0.25) is 4.98 Å². The second-order valence-corrected chi connectivity index (χ2v) is 5.05. The number of methoxy groups -OCH3 is 2. The molecule has 6 heteroatoms. The van der Waals surface area contributed by atoms with E-state index in [0.717, 1.165) is 27.8 Å². The van der Waals surface area contributed by atoms with Crippen LogP contribution in [-0.2, 0) is 0 Å². The summed E-state index contributed by atoms with van der Waals surface area (Å²) in [5.74, 6) is 1.30. The molecule has 0 radical (unpaired) electrons. The number of rotatable bonds is 3. The SMILES string of the molecule is COc1cc2nn3cc(-c4ccccn4)cnc3c2cc1OC. The Morgan fingerprint density at radius 2 is 1.83 bits per heavy atom. The molecule has 0 spiro atoms. The molecule has 6 nitrogen and oxygen atoms in total. The highest BCUT2D eigenvalue weighted by molar-refractivity contribution is 5.94. The summed E-state index contributed by atoms with van der Waals surface area (Å²) in [4.78, 5) is 8.88. The van der Waals surface area contributed by atoms with Crippen molar-refractivity contribution in [3.8, 4) is 22.8 Å². The maximum Gasteiger partial charge on any atom is 0.163 e. The lowest BCUT2D eigenvalue weighted by Crippen LogP contribution is -1.92. The zero-order valence-electron chi connectivity index (χ0n) is 12.7. The molecule has 0 aliphatic rings. The van der Waals surface area contributed by atoms with Gasteiger partial charge in [0, 0.05) is 30.2 Å². The van der Waals surface area contributed by atoms with E-state index >= 15 is 0 Å². The van der Waals surface area contributed by atoms with Crippen molar-refractivity contribution in [3.05, 3.63) is 48.9 Å². The Labute approximate surface area is 132 Å². The molecular formula is C17H14N4O2. The van der Waals surface area contributed by atoms with E-state index in [-0.39, 0.29) is 0 Å². The van der Waals surface area contributed by atoms with E-state index in [9.17, 15) is 0 Å². The Hall–Kier alpha value is -3.15. The molecule has 0 saturated heterocycles. The first-order chi connectivity index (χ1) is 11.3. The first kappa shape index (κ1) is 13.5. The fourth-order valence-electron chi connectivity index (χ4n) is 2.60. The molecular weight excluding hydrogens is 292 g/mol. The first-order valence-corrected chi connectivity index (χ1v) is 7.11. The predicted octanol–water partition coefficient (Wildman–Crippen LogP) is 2.96. The van der Waals surface area contributed by atoms with Gasteiger partial charge in [0.05, 0.1) is 30.8 Å². The van der Waals surface area contributed by atoms with Gasteiger partial charge in [0.1, 0.15) is 0 Å². The molecule has 0 amide bonds. The second kappa shape index (κ2) is 5.24. The predicted molar refractivity (Wildman–Crippen MR) is 86.8 cm³/mol. The van der Waals surface area contributed by atoms with Gasteiger partial charge in [-0.25, -0.2) is 9.50 Å². The number of nitrogens with zero attached hydrogens (tertiary/aromatic N) is 4. The Bertz CT molecular complexity index is 996. The Kier molecular flexibility index (Phi) is 3.08. The van der Waals surface area contributed by atoms with E-state index in [1.54, 1.807) is 31.1 Å². The molecule has 0 saturated carbocycles. The van der Waals surface area contributed by atoms with Crippen molar-refractivity contribution in [1.29, 1.82) is 0 Å². The number of aromatic nitrogens is 4. The van der Waals surface area contributed by atoms with Crippen molar-refractivity contribution < 1.29 is 9.47 Å². The summed E-state index contributed by atoms with van der Waals surface area (Å²) in [5, 5.41) is 5.49. The minimum atomic E-state index is 0.647. The van der Waals surface area contributed by atoms with Gasteiger partial charge in [0.25, 0.3) is 0 Å². The number of fused-ring (bicyclic) bond motifs is 3. The average Bonchev–Trinajstić information content (AvgIpc) is 2.97. The maximum absolute atomic E-state index is 5.36. The van der Waals surface area contributed by atoms with Crippen LogP contribution in [0.2, 0.25) is 0 Å². The number of ether oxygens (including phenoxy) is 2. The second-order valence-electron chi connectivity index (χ2n) is 5.05. The van der Waals surface area contributed by atoms with Gasteiger partial charge in [0.15, 0.2) is 17.1 Å². The van der Waals surface area contributed by atoms with Gasteiger partial charge in [-0.2, -0.15) is 5.10 Å². The Morgan fingerprint density at radius 1 is 1.00 bits per heavy atom. The van der Waals surface area contributed by atoms with Crippen LogP contribution in [0.25, 0.3) is 27.8 Å². The van der Waals surface area contributed by atoms with Crippen molar-refractivity contribution in [2.24, 2.45) is 0 Å². The number of pyridine rings is 1. The molecule has 0 aliphatic carbocycles. The molecule has 4 rings (SSSR count). The summed E-state index contributed by atoms with van der Waals surface area (Å²) in [5.41, 5.74) is 3.33. The van der Waals surface area contributed by atoms with Crippen molar-refractivity contribution >= 4 is 16.6 Å². The Morgan fingerprint density at radius 3 is 2.57 bits per heavy atom. The zero-order chi connectivity index (χ0) is 15.8. The molecule has 0 N–H and O–H groups in total. The third kappa shape index (κ3) is 2.15. The minimum absolute atomic E-state index is 0.647. The third-order valence-electron chi connectivity index (χ3n) is 3.72. The van der Waals surface area contributed by atoms with Gasteiger partial charge in [-0.05, 0) is 18.2 Å². The molecule has 0 bridgehead atoms. The topological polar surface area (TPSA) is 61.5 Å². The zero-order valence-corrected chi connectivity index (χ0v) is 12.7. The highest BCUT2D eigenvalue weighted by atomic mass is 16.5. The highest BCUT2D eigenvalue weighted by Crippen LogP contribution is 2.33. The van der Waals surface area contributed by atoms with E-state index < -0.39 is 0 Å². The standard InChI is InChI=1S/C17H14N4O2/c1-22-15-7-12-14(8-16(15)23-2)20-21-10-11(9-19-17(12)21)13-5-3-4-6-18-13/h3-10H,1-2H3. The van der Waals surface area contributed by atoms with E-state index in [0.29, 0.717) is 11.5 Å². The molecule has 3 heterocycles. The number of benzene rings is 1. The van der Waals surface area contributed by atoms with Crippen LogP contribution in [-0.4, -0.2) is 33.8 Å². The van der Waals surface area contributed by atoms with Crippen LogP contribution in [0, 0.1) is 0 Å². The van der Waals surface area contributed by atoms with Gasteiger partial charge in [0.2, 0.25) is 0 Å². The van der Waals surface area contributed by atoms with E-state index in [1.165, 1.54) is 0 Å².